The van der Waals surface area contributed by atoms with Crippen LogP contribution in [0.1, 0.15) is 19.8 Å². The molecule has 0 aliphatic heterocycles. The number of amides is 2. The zero-order valence-electron chi connectivity index (χ0n) is 7.18. The highest BCUT2D eigenvalue weighted by Crippen LogP contribution is 1.90. The van der Waals surface area contributed by atoms with Crippen LogP contribution in [0.3, 0.4) is 0 Å². The van der Waals surface area contributed by atoms with Gasteiger partial charge in [-0.25, -0.2) is 4.79 Å². The van der Waals surface area contributed by atoms with E-state index in [9.17, 15) is 4.79 Å². The maximum absolute atomic E-state index is 10.6. The number of nitrogens with two attached hydrogens (primary N) is 1. The van der Waals surface area contributed by atoms with E-state index in [1.165, 1.54) is 0 Å². The van der Waals surface area contributed by atoms with Crippen molar-refractivity contribution < 1.29 is 4.79 Å². The fourth-order valence-corrected chi connectivity index (χ4v) is 0.785. The Morgan fingerprint density at radius 2 is 2.27 bits per heavy atom. The average molecular weight is 159 g/mol. The van der Waals surface area contributed by atoms with Gasteiger partial charge in [-0.1, -0.05) is 13.3 Å². The number of hydrogen-bond donors (Lipinski definition) is 3. The first-order valence-corrected chi connectivity index (χ1v) is 3.91. The molecule has 0 fully saturated rings. The summed E-state index contributed by atoms with van der Waals surface area (Å²) in [5.74, 6) is 0. The van der Waals surface area contributed by atoms with Gasteiger partial charge in [0.1, 0.15) is 0 Å². The first-order chi connectivity index (χ1) is 5.20. The molecular formula is C7H17N3O. The van der Waals surface area contributed by atoms with Gasteiger partial charge in [0.2, 0.25) is 0 Å². The summed E-state index contributed by atoms with van der Waals surface area (Å²) in [6, 6.07) is -0.0890. The highest BCUT2D eigenvalue weighted by atomic mass is 16.2. The molecule has 0 saturated carbocycles. The van der Waals surface area contributed by atoms with Crippen LogP contribution < -0.4 is 16.4 Å². The minimum Gasteiger partial charge on any atom is -0.341 e. The van der Waals surface area contributed by atoms with Crippen LogP contribution in [-0.2, 0) is 0 Å². The van der Waals surface area contributed by atoms with E-state index in [1.807, 2.05) is 0 Å². The molecule has 0 radical (unpaired) electrons. The van der Waals surface area contributed by atoms with Gasteiger partial charge in [-0.2, -0.15) is 0 Å². The predicted octanol–water partition coefficient (Wildman–Crippen LogP) is 0.0428. The number of urea groups is 1. The third-order valence-corrected chi connectivity index (χ3v) is 1.41. The Balaban J connectivity index is 3.29. The second-order valence-corrected chi connectivity index (χ2v) is 2.51. The van der Waals surface area contributed by atoms with E-state index in [-0.39, 0.29) is 12.1 Å². The van der Waals surface area contributed by atoms with Gasteiger partial charge >= 0.3 is 6.03 Å². The summed E-state index contributed by atoms with van der Waals surface area (Å²) in [5.41, 5.74) is 5.64. The summed E-state index contributed by atoms with van der Waals surface area (Å²) < 4.78 is 0. The smallest absolute Gasteiger partial charge is 0.314 e. The van der Waals surface area contributed by atoms with Gasteiger partial charge in [-0.05, 0) is 6.42 Å². The molecule has 66 valence electrons. The Hall–Kier alpha value is -0.770. The fourth-order valence-electron chi connectivity index (χ4n) is 0.785. The number of hydrogen-bond acceptors (Lipinski definition) is 2. The first-order valence-electron chi connectivity index (χ1n) is 3.91. The van der Waals surface area contributed by atoms with Crippen LogP contribution >= 0.6 is 0 Å². The fraction of sp³-hybridized carbons (Fsp3) is 0.857. The summed E-state index contributed by atoms with van der Waals surface area (Å²) in [6.07, 6.45) is 2.00. The van der Waals surface area contributed by atoms with Crippen molar-refractivity contribution in [3.05, 3.63) is 0 Å². The van der Waals surface area contributed by atoms with Crippen LogP contribution in [0.5, 0.6) is 0 Å². The molecule has 0 aromatic rings. The van der Waals surface area contributed by atoms with Crippen LogP contribution in [-0.4, -0.2) is 25.7 Å². The molecule has 0 bridgehead atoms. The van der Waals surface area contributed by atoms with Gasteiger partial charge in [0.25, 0.3) is 0 Å². The Morgan fingerprint density at radius 1 is 1.64 bits per heavy atom. The third kappa shape index (κ3) is 5.66. The number of rotatable bonds is 4. The molecule has 11 heavy (non-hydrogen) atoms. The van der Waals surface area contributed by atoms with Gasteiger partial charge in [0.15, 0.2) is 0 Å². The molecule has 0 aromatic carbocycles. The van der Waals surface area contributed by atoms with E-state index in [1.54, 1.807) is 7.05 Å². The topological polar surface area (TPSA) is 67.1 Å². The Morgan fingerprint density at radius 3 is 2.73 bits per heavy atom. The SMILES string of the molecule is CCCC(N)CNC(=O)NC. The summed E-state index contributed by atoms with van der Waals surface area (Å²) in [7, 11) is 1.58. The van der Waals surface area contributed by atoms with Crippen molar-refractivity contribution in [3.63, 3.8) is 0 Å². The van der Waals surface area contributed by atoms with Crippen molar-refractivity contribution in [2.24, 2.45) is 5.73 Å². The average Bonchev–Trinajstić information content (AvgIpc) is 2.01. The predicted molar refractivity (Wildman–Crippen MR) is 45.3 cm³/mol. The molecule has 2 amide bonds. The maximum atomic E-state index is 10.6. The molecule has 4 N–H and O–H groups in total. The van der Waals surface area contributed by atoms with Crippen molar-refractivity contribution in [2.75, 3.05) is 13.6 Å². The molecule has 1 atom stereocenters. The van der Waals surface area contributed by atoms with Gasteiger partial charge in [0, 0.05) is 19.6 Å². The molecule has 0 aliphatic carbocycles. The zero-order valence-corrected chi connectivity index (χ0v) is 7.18. The Labute approximate surface area is 67.5 Å². The number of carbonyl (C=O) groups excluding carboxylic acids is 1. The summed E-state index contributed by atoms with van der Waals surface area (Å²) in [6.45, 7) is 2.62. The number of nitrogens with one attached hydrogen (secondary N) is 2. The van der Waals surface area contributed by atoms with Crippen LogP contribution in [0.15, 0.2) is 0 Å². The standard InChI is InChI=1S/C7H17N3O/c1-3-4-6(8)5-10-7(11)9-2/h6H,3-5,8H2,1-2H3,(H2,9,10,11). The van der Waals surface area contributed by atoms with E-state index in [0.717, 1.165) is 12.8 Å². The van der Waals surface area contributed by atoms with Crippen LogP contribution in [0.4, 0.5) is 4.79 Å². The summed E-state index contributed by atoms with van der Waals surface area (Å²) in [4.78, 5) is 10.6. The zero-order chi connectivity index (χ0) is 8.69. The van der Waals surface area contributed by atoms with Crippen molar-refractivity contribution in [2.45, 2.75) is 25.8 Å². The van der Waals surface area contributed by atoms with Crippen molar-refractivity contribution in [1.29, 1.82) is 0 Å². The van der Waals surface area contributed by atoms with Crippen molar-refractivity contribution in [1.82, 2.24) is 10.6 Å². The van der Waals surface area contributed by atoms with Crippen molar-refractivity contribution in [3.8, 4) is 0 Å². The minimum atomic E-state index is -0.170. The third-order valence-electron chi connectivity index (χ3n) is 1.41. The van der Waals surface area contributed by atoms with E-state index >= 15 is 0 Å². The lowest BCUT2D eigenvalue weighted by atomic mass is 10.2. The highest BCUT2D eigenvalue weighted by molar-refractivity contribution is 5.73. The second-order valence-electron chi connectivity index (χ2n) is 2.51. The largest absolute Gasteiger partial charge is 0.341 e. The summed E-state index contributed by atoms with van der Waals surface area (Å²) >= 11 is 0. The molecule has 0 aliphatic rings. The van der Waals surface area contributed by atoms with Crippen molar-refractivity contribution >= 4 is 6.03 Å². The van der Waals surface area contributed by atoms with Gasteiger partial charge in [0.05, 0.1) is 0 Å². The van der Waals surface area contributed by atoms with Gasteiger partial charge in [-0.15, -0.1) is 0 Å². The molecule has 1 unspecified atom stereocenters. The normalized spacial score (nSPS) is 12.3. The lowest BCUT2D eigenvalue weighted by molar-refractivity contribution is 0.242. The van der Waals surface area contributed by atoms with Crippen LogP contribution in [0.2, 0.25) is 0 Å². The Bertz CT molecular complexity index is 116. The quantitative estimate of drug-likeness (QED) is 0.542. The second kappa shape index (κ2) is 5.97. The molecule has 0 aromatic heterocycles. The van der Waals surface area contributed by atoms with Gasteiger partial charge < -0.3 is 16.4 Å². The minimum absolute atomic E-state index is 0.0808. The molecule has 0 rings (SSSR count). The lowest BCUT2D eigenvalue weighted by Gasteiger charge is -2.10. The van der Waals surface area contributed by atoms with Crippen LogP contribution in [0.25, 0.3) is 0 Å². The van der Waals surface area contributed by atoms with E-state index in [2.05, 4.69) is 17.6 Å². The number of carbonyl (C=O) groups is 1. The monoisotopic (exact) mass is 159 g/mol. The lowest BCUT2D eigenvalue weighted by Crippen LogP contribution is -2.41. The van der Waals surface area contributed by atoms with Gasteiger partial charge in [-0.3, -0.25) is 0 Å². The molecule has 4 heteroatoms. The molecule has 0 heterocycles. The van der Waals surface area contributed by atoms with E-state index in [4.69, 9.17) is 5.73 Å². The first kappa shape index (κ1) is 10.2. The maximum Gasteiger partial charge on any atom is 0.314 e. The molecular weight excluding hydrogens is 142 g/mol. The Kier molecular flexibility index (Phi) is 5.56. The molecule has 0 saturated heterocycles. The van der Waals surface area contributed by atoms with E-state index in [0.29, 0.717) is 6.54 Å². The molecule has 0 spiro atoms. The highest BCUT2D eigenvalue weighted by Gasteiger charge is 2.01. The summed E-state index contributed by atoms with van der Waals surface area (Å²) in [5, 5.41) is 5.10. The van der Waals surface area contributed by atoms with Crippen LogP contribution in [0, 0.1) is 0 Å². The molecule has 4 nitrogen and oxygen atoms in total. The van der Waals surface area contributed by atoms with E-state index < -0.39 is 0 Å².